The lowest BCUT2D eigenvalue weighted by molar-refractivity contribution is -0.115. The number of ketones is 1. The Morgan fingerprint density at radius 2 is 2.00 bits per heavy atom. The number of benzene rings is 2. The molecule has 1 aliphatic rings. The number of nitrogens with zero attached hydrogens (tertiary/aromatic N) is 1. The van der Waals surface area contributed by atoms with Gasteiger partial charge in [-0.15, -0.1) is 0 Å². The number of fused-ring (bicyclic) bond motifs is 1. The molecule has 6 heteroatoms. The summed E-state index contributed by atoms with van der Waals surface area (Å²) >= 11 is 0. The number of nitrogens with two attached hydrogens (primary N) is 1. The van der Waals surface area contributed by atoms with Gasteiger partial charge in [-0.05, 0) is 51.1 Å². The largest absolute Gasteiger partial charge is 0.484 e. The molecule has 2 aromatic rings. The topological polar surface area (TPSA) is 84.7 Å². The van der Waals surface area contributed by atoms with Crippen LogP contribution < -0.4 is 20.7 Å². The Kier molecular flexibility index (Phi) is 4.59. The highest BCUT2D eigenvalue weighted by atomic mass is 16.5. The van der Waals surface area contributed by atoms with E-state index < -0.39 is 5.60 Å². The summed E-state index contributed by atoms with van der Waals surface area (Å²) in [6, 6.07) is 12.3. The smallest absolute Gasteiger partial charge is 0.243 e. The summed E-state index contributed by atoms with van der Waals surface area (Å²) < 4.78 is 5.98. The van der Waals surface area contributed by atoms with Crippen molar-refractivity contribution in [1.82, 2.24) is 0 Å². The Balaban J connectivity index is 1.78. The number of nitrogens with one attached hydrogen (secondary N) is 1. The van der Waals surface area contributed by atoms with E-state index in [2.05, 4.69) is 5.32 Å². The van der Waals surface area contributed by atoms with Gasteiger partial charge in [0.15, 0.2) is 5.78 Å². The van der Waals surface area contributed by atoms with Gasteiger partial charge in [0.05, 0.1) is 18.8 Å². The number of nitrogen functional groups attached to an aromatic ring is 1. The van der Waals surface area contributed by atoms with Crippen LogP contribution in [0.25, 0.3) is 0 Å². The standard InChI is InChI=1S/C20H23N3O3/c1-13(24)14-5-4-6-16(9-14)22-19(25)11-23-12-20(2,3)26-18-8-7-15(21)10-17(18)23/h4-10H,11-12,21H2,1-3H3,(H,22,25). The van der Waals surface area contributed by atoms with Crippen LogP contribution in [0.5, 0.6) is 5.75 Å². The molecule has 3 rings (SSSR count). The first kappa shape index (κ1) is 17.8. The first-order valence-electron chi connectivity index (χ1n) is 8.48. The zero-order valence-electron chi connectivity index (χ0n) is 15.2. The number of anilines is 3. The zero-order chi connectivity index (χ0) is 18.9. The molecule has 0 spiro atoms. The monoisotopic (exact) mass is 353 g/mol. The minimum Gasteiger partial charge on any atom is -0.484 e. The first-order chi connectivity index (χ1) is 12.2. The molecule has 3 N–H and O–H groups in total. The molecule has 0 fully saturated rings. The second kappa shape index (κ2) is 6.71. The fraction of sp³-hybridized carbons (Fsp3) is 0.300. The van der Waals surface area contributed by atoms with Gasteiger partial charge in [-0.25, -0.2) is 0 Å². The van der Waals surface area contributed by atoms with Crippen LogP contribution >= 0.6 is 0 Å². The lowest BCUT2D eigenvalue weighted by Gasteiger charge is -2.40. The number of carbonyl (C=O) groups is 2. The van der Waals surface area contributed by atoms with E-state index in [0.717, 1.165) is 5.69 Å². The van der Waals surface area contributed by atoms with Gasteiger partial charge in [-0.1, -0.05) is 12.1 Å². The highest BCUT2D eigenvalue weighted by molar-refractivity contribution is 5.98. The van der Waals surface area contributed by atoms with E-state index in [9.17, 15) is 9.59 Å². The molecule has 1 amide bonds. The van der Waals surface area contributed by atoms with E-state index >= 15 is 0 Å². The molecule has 0 aliphatic carbocycles. The molecule has 2 aromatic carbocycles. The van der Waals surface area contributed by atoms with Crippen molar-refractivity contribution < 1.29 is 14.3 Å². The lowest BCUT2D eigenvalue weighted by Crippen LogP contribution is -2.49. The fourth-order valence-corrected chi connectivity index (χ4v) is 3.07. The van der Waals surface area contributed by atoms with E-state index in [1.807, 2.05) is 30.9 Å². The first-order valence-corrected chi connectivity index (χ1v) is 8.48. The summed E-state index contributed by atoms with van der Waals surface area (Å²) in [6.07, 6.45) is 0. The maximum absolute atomic E-state index is 12.6. The third-order valence-electron chi connectivity index (χ3n) is 4.17. The number of Topliss-reactive ketones (excluding diaryl/α,β-unsaturated/α-hetero) is 1. The van der Waals surface area contributed by atoms with E-state index in [1.165, 1.54) is 6.92 Å². The van der Waals surface area contributed by atoms with E-state index in [4.69, 9.17) is 10.5 Å². The maximum Gasteiger partial charge on any atom is 0.243 e. The number of ether oxygens (including phenoxy) is 1. The minimum absolute atomic E-state index is 0.0413. The van der Waals surface area contributed by atoms with Gasteiger partial charge in [-0.2, -0.15) is 0 Å². The summed E-state index contributed by atoms with van der Waals surface area (Å²) in [7, 11) is 0. The molecule has 26 heavy (non-hydrogen) atoms. The number of hydrogen-bond acceptors (Lipinski definition) is 5. The molecule has 0 aromatic heterocycles. The van der Waals surface area contributed by atoms with Crippen LogP contribution in [0.2, 0.25) is 0 Å². The molecule has 136 valence electrons. The molecule has 0 unspecified atom stereocenters. The molecular weight excluding hydrogens is 330 g/mol. The van der Waals surface area contributed by atoms with Crippen LogP contribution in [-0.2, 0) is 4.79 Å². The Morgan fingerprint density at radius 3 is 2.73 bits per heavy atom. The summed E-state index contributed by atoms with van der Waals surface area (Å²) in [4.78, 5) is 26.0. The highest BCUT2D eigenvalue weighted by Crippen LogP contribution is 2.38. The van der Waals surface area contributed by atoms with Gasteiger partial charge in [0.1, 0.15) is 11.4 Å². The SMILES string of the molecule is CC(=O)c1cccc(NC(=O)CN2CC(C)(C)Oc3ccc(N)cc32)c1. The molecule has 0 atom stereocenters. The maximum atomic E-state index is 12.6. The van der Waals surface area contributed by atoms with Crippen molar-refractivity contribution in [2.24, 2.45) is 0 Å². The average Bonchev–Trinajstić information content (AvgIpc) is 2.55. The molecule has 1 heterocycles. The highest BCUT2D eigenvalue weighted by Gasteiger charge is 2.32. The second-order valence-electron chi connectivity index (χ2n) is 7.13. The molecule has 0 saturated carbocycles. The van der Waals surface area contributed by atoms with Crippen molar-refractivity contribution in [2.45, 2.75) is 26.4 Å². The lowest BCUT2D eigenvalue weighted by atomic mass is 10.0. The van der Waals surface area contributed by atoms with Gasteiger partial charge in [-0.3, -0.25) is 9.59 Å². The third-order valence-corrected chi connectivity index (χ3v) is 4.17. The number of amides is 1. The van der Waals surface area contributed by atoms with Crippen molar-refractivity contribution in [2.75, 3.05) is 29.0 Å². The molecule has 0 saturated heterocycles. The molecule has 0 radical (unpaired) electrons. The summed E-state index contributed by atoms with van der Waals surface area (Å²) in [5, 5.41) is 2.85. The summed E-state index contributed by atoms with van der Waals surface area (Å²) in [5.74, 6) is 0.499. The van der Waals surface area contributed by atoms with Crippen molar-refractivity contribution in [3.8, 4) is 5.75 Å². The predicted molar refractivity (Wildman–Crippen MR) is 103 cm³/mol. The van der Waals surface area contributed by atoms with Crippen LogP contribution in [-0.4, -0.2) is 30.4 Å². The third kappa shape index (κ3) is 3.96. The summed E-state index contributed by atoms with van der Waals surface area (Å²) in [5.41, 5.74) is 8.06. The van der Waals surface area contributed by atoms with E-state index in [0.29, 0.717) is 29.2 Å². The Labute approximate surface area is 152 Å². The van der Waals surface area contributed by atoms with Gasteiger partial charge in [0.25, 0.3) is 0 Å². The fourth-order valence-electron chi connectivity index (χ4n) is 3.07. The minimum atomic E-state index is -0.419. The Bertz CT molecular complexity index is 861. The molecular formula is C20H23N3O3. The molecule has 1 aliphatic heterocycles. The van der Waals surface area contributed by atoms with Crippen LogP contribution in [0.1, 0.15) is 31.1 Å². The molecule has 0 bridgehead atoms. The Hall–Kier alpha value is -3.02. The zero-order valence-corrected chi connectivity index (χ0v) is 15.2. The van der Waals surface area contributed by atoms with Crippen LogP contribution in [0, 0.1) is 0 Å². The van der Waals surface area contributed by atoms with Crippen molar-refractivity contribution >= 4 is 28.8 Å². The predicted octanol–water partition coefficient (Wildman–Crippen LogP) is 3.09. The van der Waals surface area contributed by atoms with Crippen LogP contribution in [0.15, 0.2) is 42.5 Å². The Morgan fingerprint density at radius 1 is 1.23 bits per heavy atom. The van der Waals surface area contributed by atoms with E-state index in [1.54, 1.807) is 30.3 Å². The molecule has 6 nitrogen and oxygen atoms in total. The number of rotatable bonds is 4. The van der Waals surface area contributed by atoms with Gasteiger partial charge < -0.3 is 20.7 Å². The van der Waals surface area contributed by atoms with Crippen LogP contribution in [0.3, 0.4) is 0 Å². The van der Waals surface area contributed by atoms with Crippen molar-refractivity contribution in [3.05, 3.63) is 48.0 Å². The number of carbonyl (C=O) groups excluding carboxylic acids is 2. The average molecular weight is 353 g/mol. The van der Waals surface area contributed by atoms with Crippen LogP contribution in [0.4, 0.5) is 17.1 Å². The summed E-state index contributed by atoms with van der Waals surface area (Å²) in [6.45, 7) is 6.18. The quantitative estimate of drug-likeness (QED) is 0.652. The van der Waals surface area contributed by atoms with E-state index in [-0.39, 0.29) is 18.2 Å². The van der Waals surface area contributed by atoms with Gasteiger partial charge in [0, 0.05) is 16.9 Å². The normalized spacial score (nSPS) is 15.0. The van der Waals surface area contributed by atoms with Crippen molar-refractivity contribution in [3.63, 3.8) is 0 Å². The van der Waals surface area contributed by atoms with Crippen molar-refractivity contribution in [1.29, 1.82) is 0 Å². The number of hydrogen-bond donors (Lipinski definition) is 2. The van der Waals surface area contributed by atoms with Gasteiger partial charge >= 0.3 is 0 Å². The van der Waals surface area contributed by atoms with Gasteiger partial charge in [0.2, 0.25) is 5.91 Å². The second-order valence-corrected chi connectivity index (χ2v) is 7.13.